The van der Waals surface area contributed by atoms with Gasteiger partial charge in [0.2, 0.25) is 0 Å². The van der Waals surface area contributed by atoms with Crippen molar-refractivity contribution in [1.82, 2.24) is 5.32 Å². The highest BCUT2D eigenvalue weighted by Gasteiger charge is 2.14. The van der Waals surface area contributed by atoms with Gasteiger partial charge in [0.15, 0.2) is 0 Å². The van der Waals surface area contributed by atoms with E-state index in [2.05, 4.69) is 12.2 Å². The molecule has 0 amide bonds. The van der Waals surface area contributed by atoms with Crippen molar-refractivity contribution in [3.8, 4) is 0 Å². The lowest BCUT2D eigenvalue weighted by atomic mass is 10.0. The summed E-state index contributed by atoms with van der Waals surface area (Å²) in [6.07, 6.45) is 5.23. The van der Waals surface area contributed by atoms with Crippen LogP contribution < -0.4 is 5.32 Å². The minimum atomic E-state index is -0.659. The molecule has 0 aromatic rings. The predicted octanol–water partition coefficient (Wildman–Crippen LogP) is 1.16. The number of rotatable bonds is 6. The zero-order valence-electron chi connectivity index (χ0n) is 9.83. The third kappa shape index (κ3) is 6.28. The van der Waals surface area contributed by atoms with Gasteiger partial charge in [0.25, 0.3) is 0 Å². The molecule has 0 aromatic carbocycles. The molecule has 1 saturated heterocycles. The lowest BCUT2D eigenvalue weighted by molar-refractivity contribution is 0.0540. The van der Waals surface area contributed by atoms with Gasteiger partial charge in [-0.2, -0.15) is 0 Å². The van der Waals surface area contributed by atoms with Gasteiger partial charge in [0.1, 0.15) is 0 Å². The third-order valence-corrected chi connectivity index (χ3v) is 3.66. The van der Waals surface area contributed by atoms with Gasteiger partial charge in [-0.3, -0.25) is 4.21 Å². The second kappa shape index (κ2) is 7.36. The van der Waals surface area contributed by atoms with E-state index in [1.165, 1.54) is 12.8 Å². The van der Waals surface area contributed by atoms with Crippen molar-refractivity contribution >= 4 is 10.8 Å². The molecule has 15 heavy (non-hydrogen) atoms. The second-order valence-electron chi connectivity index (χ2n) is 4.46. The monoisotopic (exact) mass is 233 g/mol. The molecule has 1 rings (SSSR count). The summed E-state index contributed by atoms with van der Waals surface area (Å²) in [5.74, 6) is 1.48. The topological polar surface area (TPSA) is 38.3 Å². The SMILES string of the molecule is CC(CCS(C)=O)NCC1CCCOC1. The summed E-state index contributed by atoms with van der Waals surface area (Å²) in [6.45, 7) is 5.04. The van der Waals surface area contributed by atoms with Gasteiger partial charge in [0.05, 0.1) is 6.61 Å². The summed E-state index contributed by atoms with van der Waals surface area (Å²) in [5, 5.41) is 3.49. The van der Waals surface area contributed by atoms with Crippen molar-refractivity contribution in [2.45, 2.75) is 32.2 Å². The van der Waals surface area contributed by atoms with Crippen molar-refractivity contribution in [3.63, 3.8) is 0 Å². The van der Waals surface area contributed by atoms with Crippen LogP contribution >= 0.6 is 0 Å². The fourth-order valence-electron chi connectivity index (χ4n) is 1.78. The van der Waals surface area contributed by atoms with Crippen LogP contribution in [0.25, 0.3) is 0 Å². The molecular weight excluding hydrogens is 210 g/mol. The van der Waals surface area contributed by atoms with E-state index in [9.17, 15) is 4.21 Å². The summed E-state index contributed by atoms with van der Waals surface area (Å²) in [5.41, 5.74) is 0. The van der Waals surface area contributed by atoms with Gasteiger partial charge in [-0.1, -0.05) is 0 Å². The Kier molecular flexibility index (Phi) is 6.45. The van der Waals surface area contributed by atoms with E-state index in [4.69, 9.17) is 4.74 Å². The Bertz CT molecular complexity index is 193. The summed E-state index contributed by atoms with van der Waals surface area (Å²) >= 11 is 0. The molecule has 0 spiro atoms. The summed E-state index contributed by atoms with van der Waals surface area (Å²) in [4.78, 5) is 0. The molecule has 0 aromatic heterocycles. The normalized spacial score (nSPS) is 26.1. The van der Waals surface area contributed by atoms with E-state index < -0.39 is 10.8 Å². The van der Waals surface area contributed by atoms with Crippen LogP contribution in [-0.2, 0) is 15.5 Å². The highest BCUT2D eigenvalue weighted by atomic mass is 32.2. The minimum absolute atomic E-state index is 0.468. The highest BCUT2D eigenvalue weighted by molar-refractivity contribution is 7.84. The van der Waals surface area contributed by atoms with Crippen LogP contribution in [0.5, 0.6) is 0 Å². The van der Waals surface area contributed by atoms with Gasteiger partial charge in [-0.25, -0.2) is 0 Å². The zero-order chi connectivity index (χ0) is 11.1. The highest BCUT2D eigenvalue weighted by Crippen LogP contribution is 2.12. The fraction of sp³-hybridized carbons (Fsp3) is 1.00. The van der Waals surface area contributed by atoms with E-state index >= 15 is 0 Å². The standard InChI is InChI=1S/C11H23NO2S/c1-10(5-7-15(2)13)12-8-11-4-3-6-14-9-11/h10-12H,3-9H2,1-2H3. The van der Waals surface area contributed by atoms with E-state index in [-0.39, 0.29) is 0 Å². The quantitative estimate of drug-likeness (QED) is 0.748. The van der Waals surface area contributed by atoms with Crippen LogP contribution in [0.3, 0.4) is 0 Å². The third-order valence-electron chi connectivity index (χ3n) is 2.85. The van der Waals surface area contributed by atoms with E-state index in [1.54, 1.807) is 6.26 Å². The molecule has 3 nitrogen and oxygen atoms in total. The van der Waals surface area contributed by atoms with Crippen LogP contribution in [-0.4, -0.2) is 42.0 Å². The van der Waals surface area contributed by atoms with Crippen LogP contribution in [0.4, 0.5) is 0 Å². The molecule has 90 valence electrons. The van der Waals surface area contributed by atoms with E-state index in [0.717, 1.165) is 31.9 Å². The van der Waals surface area contributed by atoms with Crippen molar-refractivity contribution < 1.29 is 8.95 Å². The van der Waals surface area contributed by atoms with Crippen molar-refractivity contribution in [3.05, 3.63) is 0 Å². The maximum atomic E-state index is 10.9. The summed E-state index contributed by atoms with van der Waals surface area (Å²) < 4.78 is 16.3. The van der Waals surface area contributed by atoms with Gasteiger partial charge in [-0.15, -0.1) is 0 Å². The van der Waals surface area contributed by atoms with Gasteiger partial charge >= 0.3 is 0 Å². The van der Waals surface area contributed by atoms with Crippen LogP contribution in [0, 0.1) is 5.92 Å². The Morgan fingerprint density at radius 3 is 3.00 bits per heavy atom. The van der Waals surface area contributed by atoms with Crippen molar-refractivity contribution in [2.75, 3.05) is 31.8 Å². The Morgan fingerprint density at radius 1 is 1.60 bits per heavy atom. The zero-order valence-corrected chi connectivity index (χ0v) is 10.6. The number of nitrogens with one attached hydrogen (secondary N) is 1. The van der Waals surface area contributed by atoms with Crippen LogP contribution in [0.15, 0.2) is 0 Å². The largest absolute Gasteiger partial charge is 0.381 e. The average molecular weight is 233 g/mol. The maximum absolute atomic E-state index is 10.9. The molecule has 1 aliphatic rings. The molecule has 0 bridgehead atoms. The first-order valence-electron chi connectivity index (χ1n) is 5.79. The van der Waals surface area contributed by atoms with Gasteiger partial charge < -0.3 is 10.1 Å². The van der Waals surface area contributed by atoms with Crippen LogP contribution in [0.2, 0.25) is 0 Å². The molecular formula is C11H23NO2S. The van der Waals surface area contributed by atoms with Crippen molar-refractivity contribution in [2.24, 2.45) is 5.92 Å². The lowest BCUT2D eigenvalue weighted by Crippen LogP contribution is -2.35. The van der Waals surface area contributed by atoms with Crippen LogP contribution in [0.1, 0.15) is 26.2 Å². The average Bonchev–Trinajstić information content (AvgIpc) is 2.25. The predicted molar refractivity (Wildman–Crippen MR) is 64.6 cm³/mol. The van der Waals surface area contributed by atoms with E-state index in [0.29, 0.717) is 12.0 Å². The Hall–Kier alpha value is 0.0700. The van der Waals surface area contributed by atoms with Gasteiger partial charge in [0, 0.05) is 42.0 Å². The molecule has 1 heterocycles. The molecule has 0 saturated carbocycles. The molecule has 1 N–H and O–H groups in total. The first-order valence-corrected chi connectivity index (χ1v) is 7.52. The Morgan fingerprint density at radius 2 is 2.40 bits per heavy atom. The van der Waals surface area contributed by atoms with E-state index in [1.807, 2.05) is 0 Å². The Balaban J connectivity index is 2.04. The molecule has 0 aliphatic carbocycles. The van der Waals surface area contributed by atoms with Crippen molar-refractivity contribution in [1.29, 1.82) is 0 Å². The molecule has 0 radical (unpaired) electrons. The molecule has 1 aliphatic heterocycles. The maximum Gasteiger partial charge on any atom is 0.0506 e. The lowest BCUT2D eigenvalue weighted by Gasteiger charge is -2.24. The second-order valence-corrected chi connectivity index (χ2v) is 6.01. The first-order chi connectivity index (χ1) is 7.18. The van der Waals surface area contributed by atoms with Gasteiger partial charge in [-0.05, 0) is 32.1 Å². The molecule has 3 unspecified atom stereocenters. The summed E-state index contributed by atoms with van der Waals surface area (Å²) in [6, 6.07) is 0.468. The summed E-state index contributed by atoms with van der Waals surface area (Å²) in [7, 11) is -0.659. The number of ether oxygens (including phenoxy) is 1. The fourth-order valence-corrected chi connectivity index (χ4v) is 2.47. The number of hydrogen-bond donors (Lipinski definition) is 1. The first kappa shape index (κ1) is 13.1. The molecule has 4 heteroatoms. The molecule has 1 fully saturated rings. The smallest absolute Gasteiger partial charge is 0.0506 e. The molecule has 3 atom stereocenters. The Labute approximate surface area is 95.4 Å². The number of hydrogen-bond acceptors (Lipinski definition) is 3. The minimum Gasteiger partial charge on any atom is -0.381 e.